The topological polar surface area (TPSA) is 129 Å². The molecule has 0 bridgehead atoms. The Morgan fingerprint density at radius 3 is 2.55 bits per heavy atom. The molecule has 1 fully saturated rings. The van der Waals surface area contributed by atoms with Crippen LogP contribution in [0, 0.1) is 0 Å². The molecule has 0 unspecified atom stereocenters. The number of morpholine rings is 1. The first-order valence-electron chi connectivity index (χ1n) is 10.2. The number of hydrogen-bond donors (Lipinski definition) is 4. The Morgan fingerprint density at radius 2 is 1.91 bits per heavy atom. The number of anilines is 2. The summed E-state index contributed by atoms with van der Waals surface area (Å²) in [6, 6.07) is 8.36. The number of rotatable bonds is 8. The normalized spacial score (nSPS) is 14.4. The molecule has 176 valence electrons. The summed E-state index contributed by atoms with van der Waals surface area (Å²) in [7, 11) is 0. The Morgan fingerprint density at radius 1 is 1.15 bits per heavy atom. The van der Waals surface area contributed by atoms with Crippen molar-refractivity contribution in [1.82, 2.24) is 16.0 Å². The summed E-state index contributed by atoms with van der Waals surface area (Å²) >= 11 is 6.97. The summed E-state index contributed by atoms with van der Waals surface area (Å²) in [6.07, 6.45) is 0. The number of carbonyl (C=O) groups excluding carboxylic acids is 4. The van der Waals surface area contributed by atoms with Crippen LogP contribution >= 0.6 is 22.9 Å². The fraction of sp³-hybridized carbons (Fsp3) is 0.333. The number of urea groups is 1. The summed E-state index contributed by atoms with van der Waals surface area (Å²) < 4.78 is 5.60. The van der Waals surface area contributed by atoms with Gasteiger partial charge >= 0.3 is 6.03 Å². The molecule has 1 saturated heterocycles. The molecule has 1 aromatic heterocycles. The summed E-state index contributed by atoms with van der Waals surface area (Å²) in [5.41, 5.74) is 1.17. The van der Waals surface area contributed by atoms with Crippen molar-refractivity contribution in [1.29, 1.82) is 0 Å². The van der Waals surface area contributed by atoms with Gasteiger partial charge in [0.15, 0.2) is 0 Å². The lowest BCUT2D eigenvalue weighted by Crippen LogP contribution is -2.53. The largest absolute Gasteiger partial charge is 0.370 e. The van der Waals surface area contributed by atoms with Crippen molar-refractivity contribution in [3.05, 3.63) is 45.6 Å². The first-order chi connectivity index (χ1) is 15.9. The summed E-state index contributed by atoms with van der Waals surface area (Å²) in [5, 5.41) is 10.5. The van der Waals surface area contributed by atoms with Crippen LogP contribution in [0.25, 0.3) is 0 Å². The molecule has 3 rings (SSSR count). The number of amides is 5. The molecule has 1 aromatic carbocycles. The fourth-order valence-electron chi connectivity index (χ4n) is 3.04. The van der Waals surface area contributed by atoms with Gasteiger partial charge in [0.1, 0.15) is 12.6 Å². The van der Waals surface area contributed by atoms with E-state index in [2.05, 4.69) is 21.3 Å². The molecule has 5 amide bonds. The Labute approximate surface area is 199 Å². The van der Waals surface area contributed by atoms with E-state index in [0.717, 1.165) is 11.3 Å². The molecule has 0 radical (unpaired) electrons. The monoisotopic (exact) mass is 493 g/mol. The second-order valence-electron chi connectivity index (χ2n) is 7.00. The minimum Gasteiger partial charge on any atom is -0.370 e. The maximum atomic E-state index is 12.8. The standard InChI is InChI=1S/C21H24ClN5O5S/c1-2-23-21(31)26-15(11-24-20(30)16-7-8-17(22)33-16)19(29)25-13-3-5-14(6-4-13)27-9-10-32-12-18(27)28/h3-8,15H,2,9-12H2,1H3,(H,24,30)(H,25,29)(H2,23,26,31)/t15-/m1/s1. The van der Waals surface area contributed by atoms with Crippen LogP contribution in [0.5, 0.6) is 0 Å². The minimum atomic E-state index is -1.03. The summed E-state index contributed by atoms with van der Waals surface area (Å²) in [5.74, 6) is -1.05. The molecule has 0 saturated carbocycles. The molecule has 0 aliphatic carbocycles. The van der Waals surface area contributed by atoms with Crippen LogP contribution < -0.4 is 26.2 Å². The Bertz CT molecular complexity index is 1010. The summed E-state index contributed by atoms with van der Waals surface area (Å²) in [6.45, 7) is 2.95. The SMILES string of the molecule is CCNC(=O)N[C@H](CNC(=O)c1ccc(Cl)s1)C(=O)Nc1ccc(N2CCOCC2=O)cc1. The Kier molecular flexibility index (Phi) is 8.64. The molecule has 33 heavy (non-hydrogen) atoms. The van der Waals surface area contributed by atoms with Gasteiger partial charge in [-0.05, 0) is 43.3 Å². The number of halogens is 1. The Balaban J connectivity index is 1.63. The van der Waals surface area contributed by atoms with Crippen LogP contribution in [0.15, 0.2) is 36.4 Å². The van der Waals surface area contributed by atoms with Crippen molar-refractivity contribution in [3.8, 4) is 0 Å². The van der Waals surface area contributed by atoms with Crippen LogP contribution in [-0.4, -0.2) is 62.6 Å². The highest BCUT2D eigenvalue weighted by Gasteiger charge is 2.23. The van der Waals surface area contributed by atoms with Gasteiger partial charge in [-0.3, -0.25) is 14.4 Å². The average molecular weight is 494 g/mol. The van der Waals surface area contributed by atoms with Crippen molar-refractivity contribution in [2.24, 2.45) is 0 Å². The van der Waals surface area contributed by atoms with Gasteiger partial charge < -0.3 is 30.9 Å². The fourth-order valence-corrected chi connectivity index (χ4v) is 4.00. The van der Waals surface area contributed by atoms with Gasteiger partial charge in [0.05, 0.1) is 15.8 Å². The van der Waals surface area contributed by atoms with Crippen molar-refractivity contribution in [2.75, 3.05) is 43.1 Å². The van der Waals surface area contributed by atoms with Gasteiger partial charge in [0, 0.05) is 31.0 Å². The molecule has 10 nitrogen and oxygen atoms in total. The highest BCUT2D eigenvalue weighted by molar-refractivity contribution is 7.18. The summed E-state index contributed by atoms with van der Waals surface area (Å²) in [4.78, 5) is 51.1. The highest BCUT2D eigenvalue weighted by Crippen LogP contribution is 2.21. The van der Waals surface area contributed by atoms with Crippen LogP contribution in [-0.2, 0) is 14.3 Å². The third kappa shape index (κ3) is 6.91. The average Bonchev–Trinajstić information content (AvgIpc) is 3.24. The van der Waals surface area contributed by atoms with Gasteiger partial charge in [-0.2, -0.15) is 0 Å². The molecular weight excluding hydrogens is 470 g/mol. The van der Waals surface area contributed by atoms with E-state index >= 15 is 0 Å². The Hall–Kier alpha value is -3.15. The number of thiophene rings is 1. The van der Waals surface area contributed by atoms with E-state index in [1.54, 1.807) is 48.2 Å². The number of hydrogen-bond acceptors (Lipinski definition) is 6. The van der Waals surface area contributed by atoms with Gasteiger partial charge in [0.25, 0.3) is 11.8 Å². The quantitative estimate of drug-likeness (QED) is 0.446. The van der Waals surface area contributed by atoms with Crippen molar-refractivity contribution in [3.63, 3.8) is 0 Å². The van der Waals surface area contributed by atoms with E-state index in [4.69, 9.17) is 16.3 Å². The van der Waals surface area contributed by atoms with E-state index in [0.29, 0.717) is 40.3 Å². The lowest BCUT2D eigenvalue weighted by Gasteiger charge is -2.27. The molecule has 1 atom stereocenters. The first-order valence-corrected chi connectivity index (χ1v) is 11.4. The first kappa shape index (κ1) is 24.5. The van der Waals surface area contributed by atoms with E-state index in [1.807, 2.05) is 0 Å². The van der Waals surface area contributed by atoms with Crippen LogP contribution in [0.1, 0.15) is 16.6 Å². The number of nitrogens with one attached hydrogen (secondary N) is 4. The van der Waals surface area contributed by atoms with Gasteiger partial charge in [-0.25, -0.2) is 4.79 Å². The van der Waals surface area contributed by atoms with E-state index in [9.17, 15) is 19.2 Å². The maximum absolute atomic E-state index is 12.8. The molecular formula is C21H24ClN5O5S. The molecule has 2 heterocycles. The van der Waals surface area contributed by atoms with Crippen molar-refractivity contribution in [2.45, 2.75) is 13.0 Å². The van der Waals surface area contributed by atoms with Crippen molar-refractivity contribution < 1.29 is 23.9 Å². The third-order valence-corrected chi connectivity index (χ3v) is 5.89. The van der Waals surface area contributed by atoms with Crippen LogP contribution in [0.3, 0.4) is 0 Å². The third-order valence-electron chi connectivity index (χ3n) is 4.66. The highest BCUT2D eigenvalue weighted by atomic mass is 35.5. The lowest BCUT2D eigenvalue weighted by atomic mass is 10.2. The predicted molar refractivity (Wildman–Crippen MR) is 126 cm³/mol. The van der Waals surface area contributed by atoms with E-state index in [1.165, 1.54) is 0 Å². The number of ether oxygens (including phenoxy) is 1. The second kappa shape index (κ2) is 11.6. The van der Waals surface area contributed by atoms with E-state index < -0.39 is 23.9 Å². The van der Waals surface area contributed by atoms with Gasteiger partial charge in [-0.15, -0.1) is 11.3 Å². The predicted octanol–water partition coefficient (Wildman–Crippen LogP) is 1.82. The molecule has 0 spiro atoms. The van der Waals surface area contributed by atoms with Crippen LogP contribution in [0.2, 0.25) is 4.34 Å². The second-order valence-corrected chi connectivity index (χ2v) is 8.72. The van der Waals surface area contributed by atoms with Crippen LogP contribution in [0.4, 0.5) is 16.2 Å². The molecule has 2 aromatic rings. The zero-order valence-electron chi connectivity index (χ0n) is 17.9. The maximum Gasteiger partial charge on any atom is 0.315 e. The zero-order valence-corrected chi connectivity index (χ0v) is 19.4. The smallest absolute Gasteiger partial charge is 0.315 e. The van der Waals surface area contributed by atoms with Gasteiger partial charge in [-0.1, -0.05) is 11.6 Å². The minimum absolute atomic E-state index is 0.0368. The van der Waals surface area contributed by atoms with Crippen molar-refractivity contribution >= 4 is 58.1 Å². The van der Waals surface area contributed by atoms with E-state index in [-0.39, 0.29) is 19.1 Å². The molecule has 4 N–H and O–H groups in total. The zero-order chi connectivity index (χ0) is 23.8. The van der Waals surface area contributed by atoms with Gasteiger partial charge in [0.2, 0.25) is 5.91 Å². The number of nitrogens with zero attached hydrogens (tertiary/aromatic N) is 1. The molecule has 12 heteroatoms. The number of benzene rings is 1. The number of carbonyl (C=O) groups is 4. The molecule has 1 aliphatic heterocycles. The molecule has 1 aliphatic rings. The lowest BCUT2D eigenvalue weighted by molar-refractivity contribution is -0.125.